The van der Waals surface area contributed by atoms with Crippen molar-refractivity contribution in [2.75, 3.05) is 19.6 Å². The first-order valence-electron chi connectivity index (χ1n) is 6.60. The molecule has 0 aliphatic carbocycles. The van der Waals surface area contributed by atoms with Crippen molar-refractivity contribution in [3.8, 4) is 0 Å². The van der Waals surface area contributed by atoms with Gasteiger partial charge in [-0.2, -0.15) is 0 Å². The van der Waals surface area contributed by atoms with Crippen molar-refractivity contribution in [2.45, 2.75) is 52.1 Å². The maximum atomic E-state index is 11.6. The average molecular weight is 242 g/mol. The number of nitrogens with two attached hydrogens (primary N) is 1. The number of likely N-dealkylation sites (tertiary alicyclic amines) is 1. The fraction of sp³-hybridized carbons (Fsp3) is 0.923. The Bertz CT molecular complexity index is 242. The number of amides is 1. The molecule has 1 amide bonds. The molecule has 17 heavy (non-hydrogen) atoms. The van der Waals surface area contributed by atoms with Crippen molar-refractivity contribution >= 4 is 6.09 Å². The average Bonchev–Trinajstić information content (AvgIpc) is 2.11. The van der Waals surface area contributed by atoms with Gasteiger partial charge in [-0.05, 0) is 46.1 Å². The van der Waals surface area contributed by atoms with Gasteiger partial charge < -0.3 is 15.4 Å². The molecule has 0 aromatic rings. The first kappa shape index (κ1) is 14.3. The SMILES string of the molecule is CC(C)(C)OC(=O)N1CC(CCCCCN)C1. The normalized spacial score (nSPS) is 16.8. The fourth-order valence-corrected chi connectivity index (χ4v) is 1.98. The van der Waals surface area contributed by atoms with Crippen molar-refractivity contribution in [3.05, 3.63) is 0 Å². The van der Waals surface area contributed by atoms with Gasteiger partial charge >= 0.3 is 6.09 Å². The highest BCUT2D eigenvalue weighted by molar-refractivity contribution is 5.69. The Hall–Kier alpha value is -0.770. The lowest BCUT2D eigenvalue weighted by molar-refractivity contribution is -0.00241. The van der Waals surface area contributed by atoms with E-state index < -0.39 is 0 Å². The number of rotatable bonds is 5. The zero-order chi connectivity index (χ0) is 12.9. The second-order valence-corrected chi connectivity index (χ2v) is 5.89. The third-order valence-electron chi connectivity index (χ3n) is 2.93. The lowest BCUT2D eigenvalue weighted by atomic mass is 9.94. The van der Waals surface area contributed by atoms with Gasteiger partial charge in [-0.3, -0.25) is 0 Å². The number of hydrogen-bond donors (Lipinski definition) is 1. The van der Waals surface area contributed by atoms with E-state index in [1.165, 1.54) is 19.3 Å². The van der Waals surface area contributed by atoms with E-state index in [2.05, 4.69) is 0 Å². The quantitative estimate of drug-likeness (QED) is 0.753. The van der Waals surface area contributed by atoms with Crippen molar-refractivity contribution in [2.24, 2.45) is 11.7 Å². The number of hydrogen-bond acceptors (Lipinski definition) is 3. The minimum atomic E-state index is -0.386. The maximum Gasteiger partial charge on any atom is 0.410 e. The molecule has 4 heteroatoms. The van der Waals surface area contributed by atoms with E-state index in [1.54, 1.807) is 4.90 Å². The molecule has 1 saturated heterocycles. The minimum Gasteiger partial charge on any atom is -0.444 e. The molecule has 1 aliphatic heterocycles. The van der Waals surface area contributed by atoms with Crippen molar-refractivity contribution in [1.29, 1.82) is 0 Å². The summed E-state index contributed by atoms with van der Waals surface area (Å²) in [5.41, 5.74) is 5.06. The molecule has 0 saturated carbocycles. The second kappa shape index (κ2) is 6.24. The van der Waals surface area contributed by atoms with Crippen molar-refractivity contribution in [1.82, 2.24) is 4.90 Å². The maximum absolute atomic E-state index is 11.6. The van der Waals surface area contributed by atoms with Crippen LogP contribution in [0, 0.1) is 5.92 Å². The zero-order valence-corrected chi connectivity index (χ0v) is 11.4. The first-order valence-corrected chi connectivity index (χ1v) is 6.60. The van der Waals surface area contributed by atoms with Gasteiger partial charge in [0, 0.05) is 13.1 Å². The van der Waals surface area contributed by atoms with Crippen LogP contribution in [-0.2, 0) is 4.74 Å². The van der Waals surface area contributed by atoms with Crippen LogP contribution >= 0.6 is 0 Å². The summed E-state index contributed by atoms with van der Waals surface area (Å²) in [6, 6.07) is 0. The van der Waals surface area contributed by atoms with Crippen molar-refractivity contribution in [3.63, 3.8) is 0 Å². The Labute approximate surface area is 104 Å². The summed E-state index contributed by atoms with van der Waals surface area (Å²) in [5.74, 6) is 0.667. The summed E-state index contributed by atoms with van der Waals surface area (Å²) >= 11 is 0. The molecule has 0 spiro atoms. The third-order valence-corrected chi connectivity index (χ3v) is 2.93. The van der Waals surface area contributed by atoms with Gasteiger partial charge in [-0.15, -0.1) is 0 Å². The van der Waals surface area contributed by atoms with E-state index in [1.807, 2.05) is 20.8 Å². The van der Waals surface area contributed by atoms with Crippen LogP contribution in [0.5, 0.6) is 0 Å². The van der Waals surface area contributed by atoms with Gasteiger partial charge in [0.05, 0.1) is 0 Å². The number of unbranched alkanes of at least 4 members (excludes halogenated alkanes) is 2. The molecule has 0 aromatic carbocycles. The van der Waals surface area contributed by atoms with Gasteiger partial charge in [0.1, 0.15) is 5.60 Å². The molecule has 4 nitrogen and oxygen atoms in total. The summed E-state index contributed by atoms with van der Waals surface area (Å²) in [7, 11) is 0. The standard InChI is InChI=1S/C13H26N2O2/c1-13(2,3)17-12(16)15-9-11(10-15)7-5-4-6-8-14/h11H,4-10,14H2,1-3H3. The summed E-state index contributed by atoms with van der Waals surface area (Å²) < 4.78 is 5.30. The molecule has 1 heterocycles. The first-order chi connectivity index (χ1) is 7.92. The Balaban J connectivity index is 2.08. The minimum absolute atomic E-state index is 0.171. The van der Waals surface area contributed by atoms with Crippen LogP contribution in [0.15, 0.2) is 0 Å². The van der Waals surface area contributed by atoms with E-state index in [9.17, 15) is 4.79 Å². The number of carbonyl (C=O) groups is 1. The van der Waals surface area contributed by atoms with Crippen LogP contribution < -0.4 is 5.73 Å². The Morgan fingerprint density at radius 2 is 1.94 bits per heavy atom. The smallest absolute Gasteiger partial charge is 0.410 e. The fourth-order valence-electron chi connectivity index (χ4n) is 1.98. The molecule has 2 N–H and O–H groups in total. The van der Waals surface area contributed by atoms with E-state index in [-0.39, 0.29) is 11.7 Å². The Morgan fingerprint density at radius 3 is 2.47 bits per heavy atom. The molecule has 0 aromatic heterocycles. The number of nitrogens with zero attached hydrogens (tertiary/aromatic N) is 1. The molecule has 0 atom stereocenters. The summed E-state index contributed by atoms with van der Waals surface area (Å²) in [6.07, 6.45) is 4.58. The summed E-state index contributed by atoms with van der Waals surface area (Å²) in [6.45, 7) is 8.20. The highest BCUT2D eigenvalue weighted by Gasteiger charge is 2.32. The van der Waals surface area contributed by atoms with Crippen LogP contribution in [0.1, 0.15) is 46.5 Å². The molecule has 100 valence electrons. The van der Waals surface area contributed by atoms with Crippen LogP contribution in [0.25, 0.3) is 0 Å². The second-order valence-electron chi connectivity index (χ2n) is 5.89. The van der Waals surface area contributed by atoms with Crippen LogP contribution in [-0.4, -0.2) is 36.2 Å². The van der Waals surface area contributed by atoms with E-state index in [0.29, 0.717) is 5.92 Å². The predicted octanol–water partition coefficient (Wildman–Crippen LogP) is 2.37. The molecule has 0 radical (unpaired) electrons. The molecule has 0 unspecified atom stereocenters. The van der Waals surface area contributed by atoms with Gasteiger partial charge in [0.2, 0.25) is 0 Å². The molecular formula is C13H26N2O2. The topological polar surface area (TPSA) is 55.6 Å². The summed E-state index contributed by atoms with van der Waals surface area (Å²) in [4.78, 5) is 13.4. The molecule has 1 fully saturated rings. The Kier molecular flexibility index (Phi) is 5.25. The van der Waals surface area contributed by atoms with E-state index in [4.69, 9.17) is 10.5 Å². The highest BCUT2D eigenvalue weighted by Crippen LogP contribution is 2.23. The Morgan fingerprint density at radius 1 is 1.29 bits per heavy atom. The van der Waals surface area contributed by atoms with Crippen LogP contribution in [0.4, 0.5) is 4.79 Å². The zero-order valence-electron chi connectivity index (χ0n) is 11.4. The number of carbonyl (C=O) groups excluding carboxylic acids is 1. The predicted molar refractivity (Wildman–Crippen MR) is 68.8 cm³/mol. The highest BCUT2D eigenvalue weighted by atomic mass is 16.6. The van der Waals surface area contributed by atoms with Gasteiger partial charge in [-0.25, -0.2) is 4.79 Å². The van der Waals surface area contributed by atoms with E-state index in [0.717, 1.165) is 26.1 Å². The lowest BCUT2D eigenvalue weighted by Gasteiger charge is -2.39. The van der Waals surface area contributed by atoms with Crippen LogP contribution in [0.3, 0.4) is 0 Å². The molecule has 0 bridgehead atoms. The largest absolute Gasteiger partial charge is 0.444 e. The molecule has 1 rings (SSSR count). The molecular weight excluding hydrogens is 216 g/mol. The lowest BCUT2D eigenvalue weighted by Crippen LogP contribution is -2.51. The molecule has 1 aliphatic rings. The van der Waals surface area contributed by atoms with E-state index >= 15 is 0 Å². The van der Waals surface area contributed by atoms with Gasteiger partial charge in [0.25, 0.3) is 0 Å². The van der Waals surface area contributed by atoms with Crippen LogP contribution in [0.2, 0.25) is 0 Å². The monoisotopic (exact) mass is 242 g/mol. The number of ether oxygens (including phenoxy) is 1. The summed E-state index contributed by atoms with van der Waals surface area (Å²) in [5, 5.41) is 0. The van der Waals surface area contributed by atoms with Crippen molar-refractivity contribution < 1.29 is 9.53 Å². The van der Waals surface area contributed by atoms with Gasteiger partial charge in [-0.1, -0.05) is 12.8 Å². The van der Waals surface area contributed by atoms with Gasteiger partial charge in [0.15, 0.2) is 0 Å². The third kappa shape index (κ3) is 5.39.